The lowest BCUT2D eigenvalue weighted by molar-refractivity contribution is 0.0891. The number of carbonyl (C=O) groups is 1. The number of carbonyl (C=O) groups excluding carboxylic acids is 1. The summed E-state index contributed by atoms with van der Waals surface area (Å²) in [4.78, 5) is 11.7. The Morgan fingerprint density at radius 3 is 2.53 bits per heavy atom. The minimum absolute atomic E-state index is 0.257. The topological polar surface area (TPSA) is 26.3 Å². The zero-order valence-electron chi connectivity index (χ0n) is 8.00. The van der Waals surface area contributed by atoms with Gasteiger partial charge in [-0.05, 0) is 18.6 Å². The van der Waals surface area contributed by atoms with Crippen molar-refractivity contribution in [2.24, 2.45) is 5.92 Å². The zero-order chi connectivity index (χ0) is 10.8. The van der Waals surface area contributed by atoms with E-state index in [4.69, 9.17) is 4.74 Å². The van der Waals surface area contributed by atoms with Crippen LogP contribution >= 0.6 is 0 Å². The molecule has 4 heteroatoms. The molecular formula is C11H10F2O2. The van der Waals surface area contributed by atoms with E-state index in [9.17, 15) is 13.6 Å². The van der Waals surface area contributed by atoms with Gasteiger partial charge in [-0.3, -0.25) is 4.79 Å². The monoisotopic (exact) mass is 212 g/mol. The van der Waals surface area contributed by atoms with Crippen molar-refractivity contribution in [3.63, 3.8) is 0 Å². The summed E-state index contributed by atoms with van der Waals surface area (Å²) in [5.41, 5.74) is -0.437. The SMILES string of the molecule is O=C(c1c(F)cccc1F)C1CCOC1. The highest BCUT2D eigenvalue weighted by atomic mass is 19.1. The fourth-order valence-corrected chi connectivity index (χ4v) is 1.68. The molecule has 1 saturated heterocycles. The van der Waals surface area contributed by atoms with E-state index in [1.165, 1.54) is 6.07 Å². The summed E-state index contributed by atoms with van der Waals surface area (Å²) in [5, 5.41) is 0. The van der Waals surface area contributed by atoms with E-state index in [1.807, 2.05) is 0 Å². The minimum Gasteiger partial charge on any atom is -0.381 e. The van der Waals surface area contributed by atoms with Crippen LogP contribution < -0.4 is 0 Å². The Morgan fingerprint density at radius 2 is 2.00 bits per heavy atom. The Kier molecular flexibility index (Phi) is 2.77. The third-order valence-electron chi connectivity index (χ3n) is 2.51. The number of Topliss-reactive ketones (excluding diaryl/α,β-unsaturated/α-hetero) is 1. The molecule has 2 rings (SSSR count). The van der Waals surface area contributed by atoms with Gasteiger partial charge in [0.05, 0.1) is 12.2 Å². The summed E-state index contributed by atoms with van der Waals surface area (Å²) in [6.45, 7) is 0.735. The molecule has 0 spiro atoms. The van der Waals surface area contributed by atoms with Gasteiger partial charge in [0.2, 0.25) is 0 Å². The highest BCUT2D eigenvalue weighted by Crippen LogP contribution is 2.22. The Labute approximate surface area is 85.9 Å². The van der Waals surface area contributed by atoms with Crippen LogP contribution in [0.3, 0.4) is 0 Å². The summed E-state index contributed by atoms with van der Waals surface area (Å²) in [6, 6.07) is 3.42. The smallest absolute Gasteiger partial charge is 0.174 e. The molecule has 1 atom stereocenters. The second kappa shape index (κ2) is 4.06. The van der Waals surface area contributed by atoms with Gasteiger partial charge >= 0.3 is 0 Å². The molecular weight excluding hydrogens is 202 g/mol. The highest BCUT2D eigenvalue weighted by Gasteiger charge is 2.28. The largest absolute Gasteiger partial charge is 0.381 e. The fourth-order valence-electron chi connectivity index (χ4n) is 1.68. The molecule has 0 saturated carbocycles. The Morgan fingerprint density at radius 1 is 1.33 bits per heavy atom. The van der Waals surface area contributed by atoms with Crippen LogP contribution in [0.1, 0.15) is 16.8 Å². The van der Waals surface area contributed by atoms with Crippen LogP contribution in [-0.4, -0.2) is 19.0 Å². The molecule has 1 fully saturated rings. The number of ether oxygens (including phenoxy) is 1. The second-order valence-electron chi connectivity index (χ2n) is 3.52. The molecule has 1 unspecified atom stereocenters. The predicted molar refractivity (Wildman–Crippen MR) is 49.6 cm³/mol. The van der Waals surface area contributed by atoms with Gasteiger partial charge in [-0.25, -0.2) is 8.78 Å². The molecule has 1 aliphatic rings. The average molecular weight is 212 g/mol. The van der Waals surface area contributed by atoms with E-state index in [0.29, 0.717) is 13.0 Å². The molecule has 2 nitrogen and oxygen atoms in total. The molecule has 1 aliphatic heterocycles. The van der Waals surface area contributed by atoms with E-state index in [0.717, 1.165) is 12.1 Å². The van der Waals surface area contributed by atoms with Crippen molar-refractivity contribution in [1.29, 1.82) is 0 Å². The van der Waals surface area contributed by atoms with Gasteiger partial charge in [0, 0.05) is 12.5 Å². The van der Waals surface area contributed by atoms with Crippen LogP contribution in [0.15, 0.2) is 18.2 Å². The van der Waals surface area contributed by atoms with Crippen molar-refractivity contribution in [1.82, 2.24) is 0 Å². The Balaban J connectivity index is 2.32. The van der Waals surface area contributed by atoms with Gasteiger partial charge in [-0.15, -0.1) is 0 Å². The normalized spacial score (nSPS) is 20.5. The van der Waals surface area contributed by atoms with Gasteiger partial charge in [-0.1, -0.05) is 6.07 Å². The van der Waals surface area contributed by atoms with Crippen molar-refractivity contribution in [3.8, 4) is 0 Å². The molecule has 0 aromatic heterocycles. The van der Waals surface area contributed by atoms with Crippen LogP contribution in [0.25, 0.3) is 0 Å². The number of benzene rings is 1. The van der Waals surface area contributed by atoms with Crippen molar-refractivity contribution in [2.75, 3.05) is 13.2 Å². The fraction of sp³-hybridized carbons (Fsp3) is 0.364. The van der Waals surface area contributed by atoms with Crippen LogP contribution in [0.5, 0.6) is 0 Å². The minimum atomic E-state index is -0.799. The lowest BCUT2D eigenvalue weighted by atomic mass is 9.96. The molecule has 1 heterocycles. The molecule has 1 aromatic carbocycles. The Hall–Kier alpha value is -1.29. The van der Waals surface area contributed by atoms with Gasteiger partial charge in [0.1, 0.15) is 11.6 Å². The maximum Gasteiger partial charge on any atom is 0.174 e. The van der Waals surface area contributed by atoms with E-state index in [2.05, 4.69) is 0 Å². The molecule has 0 aliphatic carbocycles. The third-order valence-corrected chi connectivity index (χ3v) is 2.51. The standard InChI is InChI=1S/C11H10F2O2/c12-8-2-1-3-9(13)10(8)11(14)7-4-5-15-6-7/h1-3,7H,4-6H2. The number of ketones is 1. The van der Waals surface area contributed by atoms with Gasteiger partial charge in [0.15, 0.2) is 5.78 Å². The van der Waals surface area contributed by atoms with Crippen LogP contribution in [0.4, 0.5) is 8.78 Å². The first-order valence-electron chi connectivity index (χ1n) is 4.76. The van der Waals surface area contributed by atoms with E-state index in [-0.39, 0.29) is 6.61 Å². The lowest BCUT2D eigenvalue weighted by Crippen LogP contribution is -2.17. The van der Waals surface area contributed by atoms with Crippen molar-refractivity contribution in [3.05, 3.63) is 35.4 Å². The Bertz CT molecular complexity index is 364. The summed E-state index contributed by atoms with van der Waals surface area (Å²) in [7, 11) is 0. The summed E-state index contributed by atoms with van der Waals surface area (Å²) in [6.07, 6.45) is 0.534. The van der Waals surface area contributed by atoms with Crippen LogP contribution in [0.2, 0.25) is 0 Å². The quantitative estimate of drug-likeness (QED) is 0.702. The van der Waals surface area contributed by atoms with Gasteiger partial charge in [0.25, 0.3) is 0 Å². The van der Waals surface area contributed by atoms with Crippen LogP contribution in [-0.2, 0) is 4.74 Å². The van der Waals surface area contributed by atoms with Crippen molar-refractivity contribution < 1.29 is 18.3 Å². The molecule has 15 heavy (non-hydrogen) atoms. The first-order chi connectivity index (χ1) is 7.20. The van der Waals surface area contributed by atoms with E-state index >= 15 is 0 Å². The maximum atomic E-state index is 13.3. The predicted octanol–water partition coefficient (Wildman–Crippen LogP) is 2.18. The third kappa shape index (κ3) is 1.90. The molecule has 0 N–H and O–H groups in total. The number of halogens is 2. The molecule has 0 amide bonds. The molecule has 0 radical (unpaired) electrons. The van der Waals surface area contributed by atoms with Gasteiger partial charge in [-0.2, -0.15) is 0 Å². The first-order valence-corrected chi connectivity index (χ1v) is 4.76. The number of hydrogen-bond donors (Lipinski definition) is 0. The highest BCUT2D eigenvalue weighted by molar-refractivity contribution is 5.98. The number of rotatable bonds is 2. The summed E-state index contributed by atoms with van der Waals surface area (Å²) >= 11 is 0. The lowest BCUT2D eigenvalue weighted by Gasteiger charge is -2.08. The summed E-state index contributed by atoms with van der Waals surface area (Å²) in [5.74, 6) is -2.50. The molecule has 0 bridgehead atoms. The zero-order valence-corrected chi connectivity index (χ0v) is 8.00. The first kappa shape index (κ1) is 10.2. The second-order valence-corrected chi connectivity index (χ2v) is 3.52. The van der Waals surface area contributed by atoms with Crippen LogP contribution in [0, 0.1) is 17.6 Å². The number of hydrogen-bond acceptors (Lipinski definition) is 2. The summed E-state index contributed by atoms with van der Waals surface area (Å²) < 4.78 is 31.5. The molecule has 80 valence electrons. The van der Waals surface area contributed by atoms with Crippen molar-refractivity contribution >= 4 is 5.78 Å². The van der Waals surface area contributed by atoms with Gasteiger partial charge < -0.3 is 4.74 Å². The molecule has 1 aromatic rings. The maximum absolute atomic E-state index is 13.3. The van der Waals surface area contributed by atoms with E-state index in [1.54, 1.807) is 0 Å². The van der Waals surface area contributed by atoms with Crippen molar-refractivity contribution in [2.45, 2.75) is 6.42 Å². The van der Waals surface area contributed by atoms with E-state index < -0.39 is 28.9 Å². The average Bonchev–Trinajstić information content (AvgIpc) is 2.69.